The van der Waals surface area contributed by atoms with Crippen molar-refractivity contribution in [3.8, 4) is 6.07 Å². The van der Waals surface area contributed by atoms with E-state index in [0.717, 1.165) is 0 Å². The van der Waals surface area contributed by atoms with Crippen LogP contribution in [0.2, 0.25) is 0 Å². The lowest BCUT2D eigenvalue weighted by atomic mass is 10.1. The van der Waals surface area contributed by atoms with E-state index in [1.165, 1.54) is 12.3 Å². The number of hydrogen-bond acceptors (Lipinski definition) is 2. The molecule has 2 nitrogen and oxygen atoms in total. The highest BCUT2D eigenvalue weighted by Crippen LogP contribution is 2.23. The molecule has 0 amide bonds. The molecule has 1 heterocycles. The Labute approximate surface area is 82.3 Å². The molecule has 5 heteroatoms. The Balaban J connectivity index is 3.12. The highest BCUT2D eigenvalue weighted by molar-refractivity contribution is 9.10. The molecule has 0 atom stereocenters. The highest BCUT2D eigenvalue weighted by atomic mass is 79.9. The van der Waals surface area contributed by atoms with Crippen LogP contribution in [0.4, 0.5) is 8.78 Å². The third-order valence-corrected chi connectivity index (χ3v) is 1.88. The Bertz CT molecular complexity index is 346. The van der Waals surface area contributed by atoms with E-state index in [4.69, 9.17) is 5.26 Å². The van der Waals surface area contributed by atoms with E-state index >= 15 is 0 Å². The lowest BCUT2D eigenvalue weighted by Gasteiger charge is -2.04. The normalized spacial score (nSPS) is 10.1. The average Bonchev–Trinajstić information content (AvgIpc) is 2.04. The van der Waals surface area contributed by atoms with Gasteiger partial charge >= 0.3 is 0 Å². The van der Waals surface area contributed by atoms with Gasteiger partial charge in [-0.2, -0.15) is 5.26 Å². The van der Waals surface area contributed by atoms with Gasteiger partial charge in [-0.05, 0) is 27.6 Å². The first-order valence-corrected chi connectivity index (χ1v) is 4.24. The molecule has 0 aliphatic rings. The van der Waals surface area contributed by atoms with Gasteiger partial charge in [-0.25, -0.2) is 8.78 Å². The smallest absolute Gasteiger partial charge is 0.254 e. The maximum absolute atomic E-state index is 12.3. The number of alkyl halides is 2. The number of aromatic nitrogens is 1. The maximum atomic E-state index is 12.3. The van der Waals surface area contributed by atoms with Crippen LogP contribution in [0.5, 0.6) is 0 Å². The SMILES string of the molecule is N#CCc1cc(Br)cnc1C(F)F. The van der Waals surface area contributed by atoms with Crippen LogP contribution in [0.1, 0.15) is 17.7 Å². The van der Waals surface area contributed by atoms with Gasteiger partial charge in [-0.1, -0.05) is 0 Å². The van der Waals surface area contributed by atoms with Gasteiger partial charge in [0.15, 0.2) is 0 Å². The summed E-state index contributed by atoms with van der Waals surface area (Å²) >= 11 is 3.10. The lowest BCUT2D eigenvalue weighted by Crippen LogP contribution is -1.97. The zero-order valence-electron chi connectivity index (χ0n) is 6.47. The molecular formula is C8H5BrF2N2. The summed E-state index contributed by atoms with van der Waals surface area (Å²) in [4.78, 5) is 3.55. The van der Waals surface area contributed by atoms with Crippen molar-refractivity contribution in [2.45, 2.75) is 12.8 Å². The third-order valence-electron chi connectivity index (χ3n) is 1.44. The molecule has 0 fully saturated rings. The molecular weight excluding hydrogens is 242 g/mol. The summed E-state index contributed by atoms with van der Waals surface area (Å²) in [6.07, 6.45) is -1.38. The van der Waals surface area contributed by atoms with Crippen LogP contribution in [0.3, 0.4) is 0 Å². The van der Waals surface area contributed by atoms with E-state index in [1.54, 1.807) is 0 Å². The summed E-state index contributed by atoms with van der Waals surface area (Å²) in [6, 6.07) is 3.30. The second-order valence-electron chi connectivity index (χ2n) is 2.33. The Morgan fingerprint density at radius 1 is 1.62 bits per heavy atom. The number of pyridine rings is 1. The van der Waals surface area contributed by atoms with Gasteiger partial charge in [-0.15, -0.1) is 0 Å². The van der Waals surface area contributed by atoms with Gasteiger partial charge in [0.1, 0.15) is 5.69 Å². The lowest BCUT2D eigenvalue weighted by molar-refractivity contribution is 0.145. The van der Waals surface area contributed by atoms with Gasteiger partial charge in [0.05, 0.1) is 12.5 Å². The van der Waals surface area contributed by atoms with Crippen molar-refractivity contribution in [1.82, 2.24) is 4.98 Å². The molecule has 0 N–H and O–H groups in total. The maximum Gasteiger partial charge on any atom is 0.280 e. The molecule has 0 saturated heterocycles. The van der Waals surface area contributed by atoms with Crippen molar-refractivity contribution in [3.05, 3.63) is 28.0 Å². The van der Waals surface area contributed by atoms with E-state index in [0.29, 0.717) is 4.47 Å². The molecule has 68 valence electrons. The van der Waals surface area contributed by atoms with Crippen molar-refractivity contribution in [2.75, 3.05) is 0 Å². The van der Waals surface area contributed by atoms with Gasteiger partial charge in [0.2, 0.25) is 0 Å². The number of rotatable bonds is 2. The molecule has 0 spiro atoms. The molecule has 0 saturated carbocycles. The van der Waals surface area contributed by atoms with Crippen LogP contribution in [0.25, 0.3) is 0 Å². The second-order valence-corrected chi connectivity index (χ2v) is 3.25. The molecule has 1 aromatic rings. The minimum absolute atomic E-state index is 0.0495. The summed E-state index contributed by atoms with van der Waals surface area (Å²) in [5.74, 6) is 0. The van der Waals surface area contributed by atoms with Crippen molar-refractivity contribution in [1.29, 1.82) is 5.26 Å². The molecule has 1 rings (SSSR count). The zero-order chi connectivity index (χ0) is 9.84. The van der Waals surface area contributed by atoms with Gasteiger partial charge < -0.3 is 0 Å². The zero-order valence-corrected chi connectivity index (χ0v) is 8.05. The predicted molar refractivity (Wildman–Crippen MR) is 46.2 cm³/mol. The highest BCUT2D eigenvalue weighted by Gasteiger charge is 2.14. The largest absolute Gasteiger partial charge is 0.280 e. The van der Waals surface area contributed by atoms with Gasteiger partial charge in [0.25, 0.3) is 6.43 Å². The Hall–Kier alpha value is -1.02. The Kier molecular flexibility index (Phi) is 3.32. The number of nitriles is 1. The van der Waals surface area contributed by atoms with Crippen LogP contribution in [-0.4, -0.2) is 4.98 Å². The molecule has 0 aliphatic carbocycles. The Morgan fingerprint density at radius 3 is 2.85 bits per heavy atom. The van der Waals surface area contributed by atoms with Crippen molar-refractivity contribution >= 4 is 15.9 Å². The van der Waals surface area contributed by atoms with Crippen molar-refractivity contribution in [2.24, 2.45) is 0 Å². The number of halogens is 3. The standard InChI is InChI=1S/C8H5BrF2N2/c9-6-3-5(1-2-12)7(8(10)11)13-4-6/h3-4,8H,1H2. The monoisotopic (exact) mass is 246 g/mol. The molecule has 1 aromatic heterocycles. The minimum Gasteiger partial charge on any atom is -0.254 e. The fraction of sp³-hybridized carbons (Fsp3) is 0.250. The fourth-order valence-corrected chi connectivity index (χ4v) is 1.29. The molecule has 0 aromatic carbocycles. The van der Waals surface area contributed by atoms with Crippen molar-refractivity contribution < 1.29 is 8.78 Å². The number of hydrogen-bond donors (Lipinski definition) is 0. The van der Waals surface area contributed by atoms with Crippen LogP contribution in [0.15, 0.2) is 16.7 Å². The molecule has 13 heavy (non-hydrogen) atoms. The fourth-order valence-electron chi connectivity index (χ4n) is 0.915. The van der Waals surface area contributed by atoms with E-state index in [1.807, 2.05) is 6.07 Å². The quantitative estimate of drug-likeness (QED) is 0.805. The van der Waals surface area contributed by atoms with E-state index in [-0.39, 0.29) is 17.7 Å². The summed E-state index contributed by atoms with van der Waals surface area (Å²) in [7, 11) is 0. The topological polar surface area (TPSA) is 36.7 Å². The first-order chi connectivity index (χ1) is 6.15. The van der Waals surface area contributed by atoms with E-state index in [2.05, 4.69) is 20.9 Å². The van der Waals surface area contributed by atoms with Gasteiger partial charge in [-0.3, -0.25) is 4.98 Å². The number of nitrogens with zero attached hydrogens (tertiary/aromatic N) is 2. The molecule has 0 unspecified atom stereocenters. The van der Waals surface area contributed by atoms with Crippen LogP contribution in [0, 0.1) is 11.3 Å². The summed E-state index contributed by atoms with van der Waals surface area (Å²) in [5.41, 5.74) is -0.0448. The van der Waals surface area contributed by atoms with E-state index < -0.39 is 6.43 Å². The van der Waals surface area contributed by atoms with Crippen LogP contribution < -0.4 is 0 Å². The van der Waals surface area contributed by atoms with E-state index in [9.17, 15) is 8.78 Å². The summed E-state index contributed by atoms with van der Waals surface area (Å²) in [6.45, 7) is 0. The van der Waals surface area contributed by atoms with Crippen LogP contribution >= 0.6 is 15.9 Å². The second kappa shape index (κ2) is 4.28. The van der Waals surface area contributed by atoms with Crippen LogP contribution in [-0.2, 0) is 6.42 Å². The summed E-state index contributed by atoms with van der Waals surface area (Å²) in [5, 5.41) is 8.38. The first-order valence-electron chi connectivity index (χ1n) is 3.44. The van der Waals surface area contributed by atoms with Gasteiger partial charge in [0, 0.05) is 10.7 Å². The third kappa shape index (κ3) is 2.46. The Morgan fingerprint density at radius 2 is 2.31 bits per heavy atom. The van der Waals surface area contributed by atoms with Crippen molar-refractivity contribution in [3.63, 3.8) is 0 Å². The molecule has 0 bridgehead atoms. The minimum atomic E-state index is -2.63. The molecule has 0 aliphatic heterocycles. The average molecular weight is 247 g/mol. The summed E-state index contributed by atoms with van der Waals surface area (Å²) < 4.78 is 25.2. The first kappa shape index (κ1) is 10.1. The predicted octanol–water partition coefficient (Wildman–Crippen LogP) is 2.85. The molecule has 0 radical (unpaired) electrons.